The van der Waals surface area contributed by atoms with Crippen molar-refractivity contribution in [3.05, 3.63) is 59.9 Å². The minimum atomic E-state index is -0.947. The van der Waals surface area contributed by atoms with Gasteiger partial charge < -0.3 is 14.4 Å². The standard InChI is InChI=1S/C15H15NO3/c1-19-14-7-4-12(5-8-14)11-16-10-2-3-13(16)6-9-15(17)18/h2-10H,11H2,1H3,(H,17,18)/b9-6+. The van der Waals surface area contributed by atoms with Crippen molar-refractivity contribution >= 4 is 12.0 Å². The summed E-state index contributed by atoms with van der Waals surface area (Å²) in [5.41, 5.74) is 1.99. The highest BCUT2D eigenvalue weighted by Gasteiger charge is 2.00. The maximum absolute atomic E-state index is 10.5. The molecule has 0 bridgehead atoms. The molecule has 1 aromatic carbocycles. The molecule has 0 saturated heterocycles. The first-order valence-electron chi connectivity index (χ1n) is 5.88. The van der Waals surface area contributed by atoms with Crippen LogP contribution in [0.1, 0.15) is 11.3 Å². The summed E-state index contributed by atoms with van der Waals surface area (Å²) in [4.78, 5) is 10.5. The normalized spacial score (nSPS) is 10.8. The van der Waals surface area contributed by atoms with E-state index in [2.05, 4.69) is 0 Å². The number of carboxylic acid groups (broad SMARTS) is 1. The molecule has 0 amide bonds. The molecule has 0 saturated carbocycles. The molecule has 0 spiro atoms. The molecule has 1 heterocycles. The van der Waals surface area contributed by atoms with Crippen LogP contribution in [0.25, 0.3) is 6.08 Å². The first-order valence-corrected chi connectivity index (χ1v) is 5.88. The van der Waals surface area contributed by atoms with Crippen molar-refractivity contribution in [1.29, 1.82) is 0 Å². The summed E-state index contributed by atoms with van der Waals surface area (Å²) < 4.78 is 7.10. The monoisotopic (exact) mass is 257 g/mol. The summed E-state index contributed by atoms with van der Waals surface area (Å²) in [6, 6.07) is 11.6. The van der Waals surface area contributed by atoms with Crippen molar-refractivity contribution in [2.24, 2.45) is 0 Å². The van der Waals surface area contributed by atoms with Crippen LogP contribution in [0.3, 0.4) is 0 Å². The van der Waals surface area contributed by atoms with Crippen molar-refractivity contribution in [3.8, 4) is 5.75 Å². The van der Waals surface area contributed by atoms with Gasteiger partial charge in [0.05, 0.1) is 7.11 Å². The van der Waals surface area contributed by atoms with Gasteiger partial charge in [0.1, 0.15) is 5.75 Å². The highest BCUT2D eigenvalue weighted by Crippen LogP contribution is 2.14. The summed E-state index contributed by atoms with van der Waals surface area (Å²) in [5, 5.41) is 8.64. The second-order valence-electron chi connectivity index (χ2n) is 4.08. The van der Waals surface area contributed by atoms with Gasteiger partial charge in [0.15, 0.2) is 0 Å². The van der Waals surface area contributed by atoms with Crippen LogP contribution < -0.4 is 4.74 Å². The zero-order valence-electron chi connectivity index (χ0n) is 10.6. The van der Waals surface area contributed by atoms with Crippen molar-refractivity contribution in [3.63, 3.8) is 0 Å². The molecule has 0 atom stereocenters. The van der Waals surface area contributed by atoms with Gasteiger partial charge >= 0.3 is 5.97 Å². The van der Waals surface area contributed by atoms with E-state index in [1.54, 1.807) is 13.2 Å². The Morgan fingerprint density at radius 3 is 2.68 bits per heavy atom. The van der Waals surface area contributed by atoms with Gasteiger partial charge in [0, 0.05) is 24.5 Å². The molecule has 0 unspecified atom stereocenters. The quantitative estimate of drug-likeness (QED) is 0.838. The number of aromatic nitrogens is 1. The van der Waals surface area contributed by atoms with E-state index >= 15 is 0 Å². The number of nitrogens with zero attached hydrogens (tertiary/aromatic N) is 1. The lowest BCUT2D eigenvalue weighted by molar-refractivity contribution is -0.131. The van der Waals surface area contributed by atoms with E-state index < -0.39 is 5.97 Å². The molecule has 4 nitrogen and oxygen atoms in total. The molecule has 19 heavy (non-hydrogen) atoms. The lowest BCUT2D eigenvalue weighted by Gasteiger charge is -2.07. The Hall–Kier alpha value is -2.49. The Morgan fingerprint density at radius 2 is 2.05 bits per heavy atom. The van der Waals surface area contributed by atoms with E-state index in [0.29, 0.717) is 6.54 Å². The molecular weight excluding hydrogens is 242 g/mol. The number of rotatable bonds is 5. The van der Waals surface area contributed by atoms with Crippen LogP contribution in [-0.4, -0.2) is 22.8 Å². The Morgan fingerprint density at radius 1 is 1.32 bits per heavy atom. The molecule has 0 aliphatic heterocycles. The van der Waals surface area contributed by atoms with Gasteiger partial charge in [0.25, 0.3) is 0 Å². The van der Waals surface area contributed by atoms with Crippen molar-refractivity contribution < 1.29 is 14.6 Å². The van der Waals surface area contributed by atoms with Crippen LogP contribution in [0.15, 0.2) is 48.7 Å². The minimum Gasteiger partial charge on any atom is -0.497 e. The van der Waals surface area contributed by atoms with E-state index in [1.165, 1.54) is 0 Å². The van der Waals surface area contributed by atoms with Crippen LogP contribution in [-0.2, 0) is 11.3 Å². The topological polar surface area (TPSA) is 51.5 Å². The fraction of sp³-hybridized carbons (Fsp3) is 0.133. The molecule has 4 heteroatoms. The average molecular weight is 257 g/mol. The van der Waals surface area contributed by atoms with Gasteiger partial charge in [-0.3, -0.25) is 0 Å². The highest BCUT2D eigenvalue weighted by atomic mass is 16.5. The Kier molecular flexibility index (Phi) is 4.03. The van der Waals surface area contributed by atoms with Crippen molar-refractivity contribution in [1.82, 2.24) is 4.57 Å². The molecule has 2 rings (SSSR count). The molecule has 0 aliphatic rings. The summed E-state index contributed by atoms with van der Waals surface area (Å²) in [5.74, 6) is -0.126. The molecule has 2 aromatic rings. The Labute approximate surface area is 111 Å². The zero-order valence-corrected chi connectivity index (χ0v) is 10.6. The van der Waals surface area contributed by atoms with E-state index in [4.69, 9.17) is 9.84 Å². The van der Waals surface area contributed by atoms with Gasteiger partial charge in [-0.05, 0) is 35.9 Å². The second-order valence-corrected chi connectivity index (χ2v) is 4.08. The van der Waals surface area contributed by atoms with Crippen molar-refractivity contribution in [2.75, 3.05) is 7.11 Å². The lowest BCUT2D eigenvalue weighted by Crippen LogP contribution is -2.00. The Bertz CT molecular complexity index is 582. The predicted molar refractivity (Wildman–Crippen MR) is 73.2 cm³/mol. The molecule has 0 radical (unpaired) electrons. The third-order valence-electron chi connectivity index (χ3n) is 2.77. The predicted octanol–water partition coefficient (Wildman–Crippen LogP) is 2.64. The summed E-state index contributed by atoms with van der Waals surface area (Å²) in [7, 11) is 1.63. The maximum Gasteiger partial charge on any atom is 0.328 e. The van der Waals surface area contributed by atoms with Gasteiger partial charge in [-0.1, -0.05) is 12.1 Å². The lowest BCUT2D eigenvalue weighted by atomic mass is 10.2. The first kappa shape index (κ1) is 13.0. The molecule has 0 aliphatic carbocycles. The number of carbonyl (C=O) groups is 1. The molecule has 1 aromatic heterocycles. The summed E-state index contributed by atoms with van der Waals surface area (Å²) in [6.07, 6.45) is 4.65. The number of methoxy groups -OCH3 is 1. The largest absolute Gasteiger partial charge is 0.497 e. The molecule has 98 valence electrons. The van der Waals surface area contributed by atoms with E-state index in [9.17, 15) is 4.79 Å². The maximum atomic E-state index is 10.5. The second kappa shape index (κ2) is 5.91. The fourth-order valence-corrected chi connectivity index (χ4v) is 1.81. The average Bonchev–Trinajstić information content (AvgIpc) is 2.84. The van der Waals surface area contributed by atoms with Gasteiger partial charge in [-0.2, -0.15) is 0 Å². The summed E-state index contributed by atoms with van der Waals surface area (Å²) in [6.45, 7) is 0.691. The zero-order chi connectivity index (χ0) is 13.7. The number of benzene rings is 1. The SMILES string of the molecule is COc1ccc(Cn2cccc2/C=C/C(=O)O)cc1. The smallest absolute Gasteiger partial charge is 0.328 e. The third-order valence-corrected chi connectivity index (χ3v) is 2.77. The van der Waals surface area contributed by atoms with Gasteiger partial charge in [0.2, 0.25) is 0 Å². The highest BCUT2D eigenvalue weighted by molar-refractivity contribution is 5.84. The number of hydrogen-bond donors (Lipinski definition) is 1. The molecular formula is C15H15NO3. The minimum absolute atomic E-state index is 0.691. The first-order chi connectivity index (χ1) is 9.19. The van der Waals surface area contributed by atoms with Gasteiger partial charge in [-0.25, -0.2) is 4.79 Å². The molecule has 1 N–H and O–H groups in total. The van der Waals surface area contributed by atoms with E-state index in [1.807, 2.05) is 47.2 Å². The number of aliphatic carboxylic acids is 1. The Balaban J connectivity index is 2.14. The van der Waals surface area contributed by atoms with E-state index in [0.717, 1.165) is 23.1 Å². The number of ether oxygens (including phenoxy) is 1. The number of hydrogen-bond acceptors (Lipinski definition) is 2. The fourth-order valence-electron chi connectivity index (χ4n) is 1.81. The van der Waals surface area contributed by atoms with Crippen molar-refractivity contribution in [2.45, 2.75) is 6.54 Å². The van der Waals surface area contributed by atoms with Crippen LogP contribution in [0.4, 0.5) is 0 Å². The summed E-state index contributed by atoms with van der Waals surface area (Å²) >= 11 is 0. The number of carboxylic acids is 1. The van der Waals surface area contributed by atoms with E-state index in [-0.39, 0.29) is 0 Å². The van der Waals surface area contributed by atoms with Crippen LogP contribution in [0.5, 0.6) is 5.75 Å². The van der Waals surface area contributed by atoms with Gasteiger partial charge in [-0.15, -0.1) is 0 Å². The van der Waals surface area contributed by atoms with Crippen LogP contribution in [0.2, 0.25) is 0 Å². The van der Waals surface area contributed by atoms with Crippen LogP contribution in [0, 0.1) is 0 Å². The van der Waals surface area contributed by atoms with Crippen LogP contribution >= 0.6 is 0 Å². The molecule has 0 fully saturated rings. The third kappa shape index (κ3) is 3.48.